The summed E-state index contributed by atoms with van der Waals surface area (Å²) in [6, 6.07) is 30.0. The predicted octanol–water partition coefficient (Wildman–Crippen LogP) is 6.89. The highest BCUT2D eigenvalue weighted by molar-refractivity contribution is 7.92. The number of sulfonamides is 1. The smallest absolute Gasteiger partial charge is 0.264 e. The molecule has 234 valence electrons. The molecule has 0 radical (unpaired) electrons. The van der Waals surface area contributed by atoms with Crippen LogP contribution >= 0.6 is 23.2 Å². The first-order valence-electron chi connectivity index (χ1n) is 14.9. The first-order chi connectivity index (χ1) is 21.7. The van der Waals surface area contributed by atoms with Gasteiger partial charge in [-0.3, -0.25) is 13.9 Å². The van der Waals surface area contributed by atoms with Crippen LogP contribution in [-0.2, 0) is 32.6 Å². The molecule has 0 aliphatic heterocycles. The fourth-order valence-corrected chi connectivity index (χ4v) is 7.33. The van der Waals surface area contributed by atoms with Gasteiger partial charge in [-0.25, -0.2) is 8.42 Å². The Morgan fingerprint density at radius 2 is 1.42 bits per heavy atom. The molecule has 4 aromatic carbocycles. The van der Waals surface area contributed by atoms with Crippen LogP contribution < -0.4 is 9.62 Å². The van der Waals surface area contributed by atoms with E-state index < -0.39 is 28.5 Å². The van der Waals surface area contributed by atoms with Crippen molar-refractivity contribution in [3.05, 3.63) is 130 Å². The summed E-state index contributed by atoms with van der Waals surface area (Å²) in [7, 11) is -4.19. The van der Waals surface area contributed by atoms with E-state index in [2.05, 4.69) is 5.32 Å². The third-order valence-corrected chi connectivity index (χ3v) is 10.2. The van der Waals surface area contributed by atoms with Crippen molar-refractivity contribution in [2.75, 3.05) is 10.8 Å². The summed E-state index contributed by atoms with van der Waals surface area (Å²) in [6.07, 6.45) is 4.09. The Balaban J connectivity index is 1.56. The van der Waals surface area contributed by atoms with Crippen molar-refractivity contribution in [3.63, 3.8) is 0 Å². The first-order valence-corrected chi connectivity index (χ1v) is 17.1. The summed E-state index contributed by atoms with van der Waals surface area (Å²) in [4.78, 5) is 30.1. The molecule has 1 atom stereocenters. The quantitative estimate of drug-likeness (QED) is 0.179. The minimum absolute atomic E-state index is 0.0295. The van der Waals surface area contributed by atoms with E-state index in [1.165, 1.54) is 23.1 Å². The molecular weight excluding hydrogens is 629 g/mol. The zero-order valence-electron chi connectivity index (χ0n) is 24.7. The Morgan fingerprint density at radius 3 is 2.07 bits per heavy atom. The van der Waals surface area contributed by atoms with Crippen LogP contribution in [-0.4, -0.2) is 43.8 Å². The first kappa shape index (κ1) is 32.5. The van der Waals surface area contributed by atoms with Gasteiger partial charge in [-0.2, -0.15) is 0 Å². The molecule has 0 aromatic heterocycles. The lowest BCUT2D eigenvalue weighted by Gasteiger charge is -2.34. The molecule has 7 nitrogen and oxygen atoms in total. The van der Waals surface area contributed by atoms with Gasteiger partial charge in [0.05, 0.1) is 10.6 Å². The Bertz CT molecular complexity index is 1700. The van der Waals surface area contributed by atoms with Gasteiger partial charge in [-0.15, -0.1) is 0 Å². The lowest BCUT2D eigenvalue weighted by Crippen LogP contribution is -2.54. The van der Waals surface area contributed by atoms with Gasteiger partial charge < -0.3 is 10.2 Å². The molecule has 0 spiro atoms. The molecule has 2 amide bonds. The van der Waals surface area contributed by atoms with Crippen molar-refractivity contribution in [1.82, 2.24) is 10.2 Å². The van der Waals surface area contributed by atoms with Crippen molar-refractivity contribution in [2.45, 2.75) is 55.6 Å². The van der Waals surface area contributed by atoms with E-state index in [1.54, 1.807) is 60.7 Å². The van der Waals surface area contributed by atoms with Crippen LogP contribution in [0, 0.1) is 0 Å². The minimum atomic E-state index is -4.19. The molecule has 45 heavy (non-hydrogen) atoms. The average molecular weight is 665 g/mol. The van der Waals surface area contributed by atoms with Gasteiger partial charge in [-0.1, -0.05) is 103 Å². The van der Waals surface area contributed by atoms with Gasteiger partial charge in [0.25, 0.3) is 10.0 Å². The molecule has 0 heterocycles. The summed E-state index contributed by atoms with van der Waals surface area (Å²) < 4.78 is 29.1. The third-order valence-electron chi connectivity index (χ3n) is 7.95. The Labute approximate surface area is 274 Å². The van der Waals surface area contributed by atoms with Crippen LogP contribution in [0.3, 0.4) is 0 Å². The Kier molecular flexibility index (Phi) is 10.8. The monoisotopic (exact) mass is 663 g/mol. The fourth-order valence-electron chi connectivity index (χ4n) is 5.59. The van der Waals surface area contributed by atoms with Gasteiger partial charge in [0.1, 0.15) is 12.6 Å². The molecule has 1 unspecified atom stereocenters. The maximum absolute atomic E-state index is 14.5. The molecular formula is C35H35Cl2N3O4S. The van der Waals surface area contributed by atoms with Gasteiger partial charge >= 0.3 is 0 Å². The van der Waals surface area contributed by atoms with E-state index in [1.807, 2.05) is 30.3 Å². The number of hydrogen-bond donors (Lipinski definition) is 1. The summed E-state index contributed by atoms with van der Waals surface area (Å²) >= 11 is 12.4. The van der Waals surface area contributed by atoms with Crippen molar-refractivity contribution in [3.8, 4) is 0 Å². The van der Waals surface area contributed by atoms with Crippen LogP contribution in [0.4, 0.5) is 5.69 Å². The lowest BCUT2D eigenvalue weighted by molar-refractivity contribution is -0.140. The summed E-state index contributed by atoms with van der Waals surface area (Å²) in [6.45, 7) is -0.479. The second-order valence-electron chi connectivity index (χ2n) is 11.1. The molecule has 1 N–H and O–H groups in total. The molecule has 1 aliphatic rings. The summed E-state index contributed by atoms with van der Waals surface area (Å²) in [5.74, 6) is -0.805. The number of nitrogens with zero attached hydrogens (tertiary/aromatic N) is 2. The Hall–Kier alpha value is -3.85. The number of benzene rings is 4. The SMILES string of the molecule is O=C(NC1CCCC1)C(Cc1ccccc1)N(Cc1ccc(Cl)cc1)C(=O)CN(c1cccc(Cl)c1)S(=O)(=O)c1ccccc1. The summed E-state index contributed by atoms with van der Waals surface area (Å²) in [5.41, 5.74) is 1.86. The minimum Gasteiger partial charge on any atom is -0.352 e. The number of halogens is 2. The predicted molar refractivity (Wildman–Crippen MR) is 179 cm³/mol. The van der Waals surface area contributed by atoms with Gasteiger partial charge in [0, 0.05) is 29.1 Å². The number of amides is 2. The van der Waals surface area contributed by atoms with Gasteiger partial charge in [0.15, 0.2) is 0 Å². The van der Waals surface area contributed by atoms with Gasteiger partial charge in [-0.05, 0) is 66.4 Å². The largest absolute Gasteiger partial charge is 0.352 e. The molecule has 1 aliphatic carbocycles. The molecule has 10 heteroatoms. The van der Waals surface area contributed by atoms with Crippen molar-refractivity contribution >= 4 is 50.7 Å². The zero-order chi connectivity index (χ0) is 31.8. The summed E-state index contributed by atoms with van der Waals surface area (Å²) in [5, 5.41) is 4.04. The number of nitrogens with one attached hydrogen (secondary N) is 1. The van der Waals surface area contributed by atoms with Crippen molar-refractivity contribution in [2.24, 2.45) is 0 Å². The van der Waals surface area contributed by atoms with Crippen LogP contribution in [0.2, 0.25) is 10.0 Å². The molecule has 4 aromatic rings. The lowest BCUT2D eigenvalue weighted by atomic mass is 10.0. The molecule has 0 saturated heterocycles. The second-order valence-corrected chi connectivity index (χ2v) is 13.9. The highest BCUT2D eigenvalue weighted by Gasteiger charge is 2.35. The average Bonchev–Trinajstić information content (AvgIpc) is 3.56. The van der Waals surface area contributed by atoms with E-state index in [0.717, 1.165) is 41.1 Å². The number of hydrogen-bond acceptors (Lipinski definition) is 4. The topological polar surface area (TPSA) is 86.8 Å². The van der Waals surface area contributed by atoms with Crippen LogP contribution in [0.5, 0.6) is 0 Å². The third kappa shape index (κ3) is 8.45. The molecule has 5 rings (SSSR count). The maximum Gasteiger partial charge on any atom is 0.264 e. The number of carbonyl (C=O) groups is 2. The van der Waals surface area contributed by atoms with E-state index in [0.29, 0.717) is 10.0 Å². The van der Waals surface area contributed by atoms with E-state index in [9.17, 15) is 18.0 Å². The van der Waals surface area contributed by atoms with Crippen LogP contribution in [0.25, 0.3) is 0 Å². The number of rotatable bonds is 12. The van der Waals surface area contributed by atoms with E-state index in [-0.39, 0.29) is 35.5 Å². The highest BCUT2D eigenvalue weighted by Crippen LogP contribution is 2.27. The maximum atomic E-state index is 14.5. The van der Waals surface area contributed by atoms with Crippen molar-refractivity contribution < 1.29 is 18.0 Å². The number of carbonyl (C=O) groups excluding carboxylic acids is 2. The highest BCUT2D eigenvalue weighted by atomic mass is 35.5. The van der Waals surface area contributed by atoms with Gasteiger partial charge in [0.2, 0.25) is 11.8 Å². The zero-order valence-corrected chi connectivity index (χ0v) is 27.0. The van der Waals surface area contributed by atoms with Crippen molar-refractivity contribution in [1.29, 1.82) is 0 Å². The fraction of sp³-hybridized carbons (Fsp3) is 0.257. The molecule has 0 bridgehead atoms. The molecule has 1 fully saturated rings. The molecule has 1 saturated carbocycles. The van der Waals surface area contributed by atoms with Crippen LogP contribution in [0.1, 0.15) is 36.8 Å². The standard InChI is InChI=1S/C35H35Cl2N3O4S/c36-28-20-18-27(19-21-28)24-39(33(22-26-10-3-1-4-11-26)35(42)38-30-13-7-8-14-30)34(41)25-40(31-15-9-12-29(37)23-31)45(43,44)32-16-5-2-6-17-32/h1-6,9-12,15-21,23,30,33H,7-8,13-14,22,24-25H2,(H,38,42). The van der Waals surface area contributed by atoms with E-state index >= 15 is 0 Å². The number of anilines is 1. The second kappa shape index (κ2) is 15.0. The Morgan fingerprint density at radius 1 is 0.778 bits per heavy atom. The van der Waals surface area contributed by atoms with E-state index in [4.69, 9.17) is 23.2 Å². The van der Waals surface area contributed by atoms with Crippen LogP contribution in [0.15, 0.2) is 114 Å². The normalized spacial score (nSPS) is 14.1.